The second-order valence-corrected chi connectivity index (χ2v) is 14.3. The van der Waals surface area contributed by atoms with Crippen molar-refractivity contribution in [2.45, 2.75) is 95.6 Å². The number of benzene rings is 1. The molecule has 38 heavy (non-hydrogen) atoms. The molecule has 0 spiro atoms. The molecule has 1 aromatic rings. The number of carbonyl (C=O) groups is 2. The van der Waals surface area contributed by atoms with Crippen LogP contribution in [-0.2, 0) is 25.7 Å². The number of hydrogen-bond acceptors (Lipinski definition) is 8. The molecule has 1 amide bonds. The molecular weight excluding hydrogens is 522 g/mol. The Bertz CT molecular complexity index is 894. The minimum Gasteiger partial charge on any atom is -0.480 e. The quantitative estimate of drug-likeness (QED) is 0.229. The van der Waals surface area contributed by atoms with Crippen molar-refractivity contribution in [3.8, 4) is 0 Å². The van der Waals surface area contributed by atoms with E-state index in [1.807, 2.05) is 44.2 Å². The average molecular weight is 568 g/mol. The van der Waals surface area contributed by atoms with Crippen molar-refractivity contribution in [2.75, 3.05) is 12.3 Å². The van der Waals surface area contributed by atoms with Gasteiger partial charge in [0.05, 0.1) is 24.9 Å². The van der Waals surface area contributed by atoms with Gasteiger partial charge in [0.15, 0.2) is 0 Å². The SMILES string of the molecule is C=C(N[C@@H](CC(C)C)C(=O)O)[C@H]1O[C@H](CNC(=O)[C@@H](N)CSSC(C)(C)C)CC[C@@H]1OCc1ccccc1. The monoisotopic (exact) mass is 567 g/mol. The van der Waals surface area contributed by atoms with E-state index in [9.17, 15) is 14.7 Å². The van der Waals surface area contributed by atoms with Gasteiger partial charge in [0, 0.05) is 22.7 Å². The Morgan fingerprint density at radius 1 is 1.24 bits per heavy atom. The van der Waals surface area contributed by atoms with Crippen LogP contribution in [0.25, 0.3) is 0 Å². The molecule has 0 saturated carbocycles. The Morgan fingerprint density at radius 3 is 2.53 bits per heavy atom. The fourth-order valence-corrected chi connectivity index (χ4v) is 6.40. The van der Waals surface area contributed by atoms with Gasteiger partial charge >= 0.3 is 5.97 Å². The maximum Gasteiger partial charge on any atom is 0.326 e. The molecular formula is C28H45N3O5S2. The number of ether oxygens (including phenoxy) is 2. The van der Waals surface area contributed by atoms with Crippen LogP contribution in [0.2, 0.25) is 0 Å². The van der Waals surface area contributed by atoms with E-state index in [2.05, 4.69) is 38.0 Å². The second kappa shape index (κ2) is 15.8. The summed E-state index contributed by atoms with van der Waals surface area (Å²) >= 11 is 0. The van der Waals surface area contributed by atoms with Crippen LogP contribution >= 0.6 is 21.6 Å². The van der Waals surface area contributed by atoms with Crippen molar-refractivity contribution in [3.05, 3.63) is 48.2 Å². The van der Waals surface area contributed by atoms with E-state index in [1.165, 1.54) is 0 Å². The molecule has 5 atom stereocenters. The van der Waals surface area contributed by atoms with Gasteiger partial charge in [-0.15, -0.1) is 0 Å². The molecule has 1 aromatic carbocycles. The second-order valence-electron chi connectivity index (χ2n) is 11.1. The first-order valence-corrected chi connectivity index (χ1v) is 15.5. The Balaban J connectivity index is 2.00. The molecule has 1 fully saturated rings. The lowest BCUT2D eigenvalue weighted by molar-refractivity contribution is -0.142. The van der Waals surface area contributed by atoms with Gasteiger partial charge < -0.3 is 30.9 Å². The summed E-state index contributed by atoms with van der Waals surface area (Å²) in [4.78, 5) is 24.4. The summed E-state index contributed by atoms with van der Waals surface area (Å²) in [5.74, 6) is -0.433. The summed E-state index contributed by atoms with van der Waals surface area (Å²) in [7, 11) is 3.30. The molecule has 5 N–H and O–H groups in total. The summed E-state index contributed by atoms with van der Waals surface area (Å²) < 4.78 is 12.7. The Labute approximate surface area is 235 Å². The van der Waals surface area contributed by atoms with Gasteiger partial charge in [-0.1, -0.05) is 93.1 Å². The zero-order valence-corrected chi connectivity index (χ0v) is 24.9. The van der Waals surface area contributed by atoms with Crippen LogP contribution in [0, 0.1) is 5.92 Å². The maximum absolute atomic E-state index is 12.6. The third-order valence-corrected chi connectivity index (χ3v) is 9.24. The maximum atomic E-state index is 12.6. The lowest BCUT2D eigenvalue weighted by Crippen LogP contribution is -2.51. The first kappa shape index (κ1) is 32.5. The highest BCUT2D eigenvalue weighted by Crippen LogP contribution is 2.35. The molecule has 1 aliphatic rings. The highest BCUT2D eigenvalue weighted by atomic mass is 33.1. The number of carboxylic acids is 1. The van der Waals surface area contributed by atoms with Crippen LogP contribution in [0.1, 0.15) is 59.4 Å². The third kappa shape index (κ3) is 12.0. The number of carboxylic acid groups (broad SMARTS) is 1. The average Bonchev–Trinajstić information content (AvgIpc) is 2.85. The number of rotatable bonds is 15. The minimum atomic E-state index is -0.933. The van der Waals surface area contributed by atoms with Gasteiger partial charge in [-0.2, -0.15) is 0 Å². The molecule has 0 bridgehead atoms. The van der Waals surface area contributed by atoms with E-state index in [-0.39, 0.29) is 28.8 Å². The number of carbonyl (C=O) groups excluding carboxylic acids is 1. The van der Waals surface area contributed by atoms with E-state index in [0.717, 1.165) is 5.56 Å². The van der Waals surface area contributed by atoms with E-state index in [4.69, 9.17) is 15.2 Å². The van der Waals surface area contributed by atoms with Gasteiger partial charge in [-0.05, 0) is 30.7 Å². The fraction of sp³-hybridized carbons (Fsp3) is 0.643. The summed E-state index contributed by atoms with van der Waals surface area (Å²) in [6.45, 7) is 15.2. The highest BCUT2D eigenvalue weighted by molar-refractivity contribution is 8.77. The molecule has 214 valence electrons. The molecule has 1 heterocycles. The van der Waals surface area contributed by atoms with Crippen molar-refractivity contribution >= 4 is 33.5 Å². The standard InChI is InChI=1S/C28H45N3O5S2/c1-18(2)14-23(27(33)34)31-19(3)25-24(35-16-20-10-8-7-9-11-20)13-12-21(36-25)15-30-26(32)22(29)17-37-38-28(4,5)6/h7-11,18,21-25,31H,3,12-17,29H2,1-2,4-6H3,(H,30,32)(H,33,34)/t21-,22-,23-,24-,25+/m0/s1. The van der Waals surface area contributed by atoms with Crippen molar-refractivity contribution in [2.24, 2.45) is 11.7 Å². The van der Waals surface area contributed by atoms with Crippen molar-refractivity contribution in [1.29, 1.82) is 0 Å². The van der Waals surface area contributed by atoms with E-state index >= 15 is 0 Å². The Hall–Kier alpha value is -1.72. The summed E-state index contributed by atoms with van der Waals surface area (Å²) in [6, 6.07) is 8.48. The summed E-state index contributed by atoms with van der Waals surface area (Å²) in [5.41, 5.74) is 7.60. The lowest BCUT2D eigenvalue weighted by Gasteiger charge is -2.38. The number of amides is 1. The van der Waals surface area contributed by atoms with Crippen LogP contribution < -0.4 is 16.4 Å². The molecule has 10 heteroatoms. The van der Waals surface area contributed by atoms with E-state index in [1.54, 1.807) is 21.6 Å². The van der Waals surface area contributed by atoms with Crippen molar-refractivity contribution < 1.29 is 24.2 Å². The van der Waals surface area contributed by atoms with Gasteiger partial charge in [0.25, 0.3) is 0 Å². The van der Waals surface area contributed by atoms with Crippen molar-refractivity contribution in [1.82, 2.24) is 10.6 Å². The molecule has 0 unspecified atom stereocenters. The first-order valence-electron chi connectivity index (χ1n) is 13.2. The Kier molecular flexibility index (Phi) is 13.5. The Morgan fingerprint density at radius 2 is 1.92 bits per heavy atom. The zero-order chi connectivity index (χ0) is 28.3. The van der Waals surface area contributed by atoms with Crippen LogP contribution in [0.4, 0.5) is 0 Å². The van der Waals surface area contributed by atoms with Gasteiger partial charge in [-0.25, -0.2) is 4.79 Å². The first-order chi connectivity index (χ1) is 17.9. The molecule has 2 rings (SSSR count). The number of aliphatic carboxylic acids is 1. The van der Waals surface area contributed by atoms with Crippen LogP contribution in [-0.4, -0.2) is 64.4 Å². The topological polar surface area (TPSA) is 123 Å². The largest absolute Gasteiger partial charge is 0.480 e. The lowest BCUT2D eigenvalue weighted by atomic mass is 9.97. The van der Waals surface area contributed by atoms with Gasteiger partial charge in [0.1, 0.15) is 12.1 Å². The smallest absolute Gasteiger partial charge is 0.326 e. The number of nitrogens with one attached hydrogen (secondary N) is 2. The fourth-order valence-electron chi connectivity index (χ4n) is 3.97. The predicted octanol–water partition coefficient (Wildman–Crippen LogP) is 4.35. The van der Waals surface area contributed by atoms with Crippen molar-refractivity contribution in [3.63, 3.8) is 0 Å². The normalized spacial score (nSPS) is 21.5. The number of nitrogens with two attached hydrogens (primary N) is 1. The minimum absolute atomic E-state index is 0.0934. The van der Waals surface area contributed by atoms with Gasteiger partial charge in [-0.3, -0.25) is 4.79 Å². The highest BCUT2D eigenvalue weighted by Gasteiger charge is 2.36. The molecule has 0 aliphatic carbocycles. The zero-order valence-electron chi connectivity index (χ0n) is 23.3. The molecule has 1 saturated heterocycles. The van der Waals surface area contributed by atoms with Crippen LogP contribution in [0.3, 0.4) is 0 Å². The predicted molar refractivity (Wildman–Crippen MR) is 157 cm³/mol. The third-order valence-electron chi connectivity index (χ3n) is 5.86. The molecule has 1 aliphatic heterocycles. The van der Waals surface area contributed by atoms with Gasteiger partial charge in [0.2, 0.25) is 5.91 Å². The number of hydrogen-bond donors (Lipinski definition) is 4. The molecule has 0 radical (unpaired) electrons. The summed E-state index contributed by atoms with van der Waals surface area (Å²) in [6.07, 6.45) is 0.697. The van der Waals surface area contributed by atoms with E-state index in [0.29, 0.717) is 43.9 Å². The van der Waals surface area contributed by atoms with Crippen LogP contribution in [0.5, 0.6) is 0 Å². The molecule has 0 aromatic heterocycles. The van der Waals surface area contributed by atoms with Crippen LogP contribution in [0.15, 0.2) is 42.6 Å². The summed E-state index contributed by atoms with van der Waals surface area (Å²) in [5, 5.41) is 15.7. The molecule has 8 nitrogen and oxygen atoms in total. The van der Waals surface area contributed by atoms with E-state index < -0.39 is 24.2 Å².